The average molecular weight is 306 g/mol. The summed E-state index contributed by atoms with van der Waals surface area (Å²) in [6.45, 7) is 2.10. The number of esters is 1. The van der Waals surface area contributed by atoms with Gasteiger partial charge in [0, 0.05) is 0 Å². The highest BCUT2D eigenvalue weighted by molar-refractivity contribution is 5.85. The van der Waals surface area contributed by atoms with E-state index in [0.29, 0.717) is 5.75 Å². The molecule has 0 saturated carbocycles. The summed E-state index contributed by atoms with van der Waals surface area (Å²) in [5, 5.41) is 2.24. The predicted octanol–water partition coefficient (Wildman–Crippen LogP) is 4.27. The molecule has 0 atom stereocenters. The van der Waals surface area contributed by atoms with Gasteiger partial charge < -0.3 is 9.47 Å². The third-order valence-electron chi connectivity index (χ3n) is 3.71. The highest BCUT2D eigenvalue weighted by Gasteiger charge is 2.07. The Bertz CT molecular complexity index is 818. The summed E-state index contributed by atoms with van der Waals surface area (Å²) in [5.41, 5.74) is 1.99. The van der Waals surface area contributed by atoms with E-state index in [-0.39, 0.29) is 19.2 Å². The maximum Gasteiger partial charge on any atom is 0.344 e. The minimum Gasteiger partial charge on any atom is -0.482 e. The van der Waals surface area contributed by atoms with Crippen LogP contribution in [0.25, 0.3) is 10.8 Å². The van der Waals surface area contributed by atoms with Crippen LogP contribution in [0.1, 0.15) is 11.1 Å². The van der Waals surface area contributed by atoms with Crippen molar-refractivity contribution in [2.75, 3.05) is 6.61 Å². The molecule has 0 heterocycles. The van der Waals surface area contributed by atoms with Gasteiger partial charge in [0.25, 0.3) is 0 Å². The number of aryl methyl sites for hydroxylation is 1. The molecule has 3 nitrogen and oxygen atoms in total. The van der Waals surface area contributed by atoms with Gasteiger partial charge in [0.15, 0.2) is 6.61 Å². The fourth-order valence-electron chi connectivity index (χ4n) is 2.47. The lowest BCUT2D eigenvalue weighted by molar-refractivity contribution is -0.147. The summed E-state index contributed by atoms with van der Waals surface area (Å²) in [4.78, 5) is 11.9. The fourth-order valence-corrected chi connectivity index (χ4v) is 2.47. The Kier molecular flexibility index (Phi) is 4.57. The number of ether oxygens (including phenoxy) is 2. The van der Waals surface area contributed by atoms with E-state index >= 15 is 0 Å². The summed E-state index contributed by atoms with van der Waals surface area (Å²) in [7, 11) is 0. The molecule has 3 heteroatoms. The topological polar surface area (TPSA) is 35.5 Å². The van der Waals surface area contributed by atoms with E-state index in [9.17, 15) is 4.79 Å². The van der Waals surface area contributed by atoms with Crippen LogP contribution in [0.2, 0.25) is 0 Å². The molecule has 0 bridgehead atoms. The minimum atomic E-state index is -0.374. The molecule has 0 amide bonds. The molecule has 0 fully saturated rings. The van der Waals surface area contributed by atoms with Gasteiger partial charge in [-0.1, -0.05) is 60.7 Å². The third kappa shape index (κ3) is 3.69. The number of para-hydroxylation sites is 1. The first-order chi connectivity index (χ1) is 11.2. The summed E-state index contributed by atoms with van der Waals surface area (Å²) in [6.07, 6.45) is 0. The quantitative estimate of drug-likeness (QED) is 0.660. The van der Waals surface area contributed by atoms with E-state index in [1.54, 1.807) is 0 Å². The molecule has 0 aromatic heterocycles. The number of hydrogen-bond donors (Lipinski definition) is 0. The zero-order valence-electron chi connectivity index (χ0n) is 13.0. The molecule has 0 radical (unpaired) electrons. The van der Waals surface area contributed by atoms with Crippen molar-refractivity contribution < 1.29 is 14.3 Å². The van der Waals surface area contributed by atoms with Crippen LogP contribution in [0.5, 0.6) is 5.75 Å². The molecule has 3 rings (SSSR count). The van der Waals surface area contributed by atoms with Gasteiger partial charge in [0.1, 0.15) is 12.4 Å². The number of carbonyl (C=O) groups excluding carboxylic acids is 1. The van der Waals surface area contributed by atoms with Crippen LogP contribution in [0.3, 0.4) is 0 Å². The first-order valence-electron chi connectivity index (χ1n) is 7.55. The molecular weight excluding hydrogens is 288 g/mol. The standard InChI is InChI=1S/C20H18O3/c1-15-7-2-5-12-19(15)22-14-20(21)23-13-17-10-6-9-16-8-3-4-11-18(16)17/h2-12H,13-14H2,1H3. The zero-order valence-corrected chi connectivity index (χ0v) is 13.0. The normalized spacial score (nSPS) is 10.5. The minimum absolute atomic E-state index is 0.0877. The maximum absolute atomic E-state index is 11.9. The van der Waals surface area contributed by atoms with Crippen LogP contribution >= 0.6 is 0 Å². The lowest BCUT2D eigenvalue weighted by Gasteiger charge is -2.10. The van der Waals surface area contributed by atoms with Gasteiger partial charge in [-0.2, -0.15) is 0 Å². The van der Waals surface area contributed by atoms with Gasteiger partial charge in [-0.25, -0.2) is 4.79 Å². The monoisotopic (exact) mass is 306 g/mol. The Morgan fingerprint density at radius 1 is 0.913 bits per heavy atom. The van der Waals surface area contributed by atoms with Gasteiger partial charge in [-0.3, -0.25) is 0 Å². The fraction of sp³-hybridized carbons (Fsp3) is 0.150. The van der Waals surface area contributed by atoms with Crippen molar-refractivity contribution >= 4 is 16.7 Å². The van der Waals surface area contributed by atoms with Crippen molar-refractivity contribution in [3.8, 4) is 5.75 Å². The molecule has 0 unspecified atom stereocenters. The summed E-state index contributed by atoms with van der Waals surface area (Å²) < 4.78 is 10.8. The van der Waals surface area contributed by atoms with E-state index in [1.807, 2.05) is 73.7 Å². The van der Waals surface area contributed by atoms with Crippen molar-refractivity contribution in [2.45, 2.75) is 13.5 Å². The molecule has 3 aromatic rings. The van der Waals surface area contributed by atoms with Crippen LogP contribution in [0.4, 0.5) is 0 Å². The second kappa shape index (κ2) is 6.97. The van der Waals surface area contributed by atoms with Crippen molar-refractivity contribution in [3.63, 3.8) is 0 Å². The smallest absolute Gasteiger partial charge is 0.344 e. The molecule has 116 valence electrons. The van der Waals surface area contributed by atoms with Gasteiger partial charge in [0.2, 0.25) is 0 Å². The Balaban J connectivity index is 1.59. The van der Waals surface area contributed by atoms with Gasteiger partial charge >= 0.3 is 5.97 Å². The molecule has 0 spiro atoms. The molecule has 0 N–H and O–H groups in total. The maximum atomic E-state index is 11.9. The molecular formula is C20H18O3. The van der Waals surface area contributed by atoms with Crippen LogP contribution < -0.4 is 4.74 Å². The molecule has 23 heavy (non-hydrogen) atoms. The van der Waals surface area contributed by atoms with Gasteiger partial charge in [-0.15, -0.1) is 0 Å². The Labute approximate surface area is 135 Å². The second-order valence-corrected chi connectivity index (χ2v) is 5.35. The second-order valence-electron chi connectivity index (χ2n) is 5.35. The van der Waals surface area contributed by atoms with E-state index in [1.165, 1.54) is 0 Å². The summed E-state index contributed by atoms with van der Waals surface area (Å²) in [5.74, 6) is 0.329. The molecule has 0 saturated heterocycles. The zero-order chi connectivity index (χ0) is 16.1. The van der Waals surface area contributed by atoms with Crippen molar-refractivity contribution in [1.82, 2.24) is 0 Å². The Morgan fingerprint density at radius 3 is 2.52 bits per heavy atom. The predicted molar refractivity (Wildman–Crippen MR) is 90.4 cm³/mol. The number of benzene rings is 3. The van der Waals surface area contributed by atoms with Crippen molar-refractivity contribution in [2.24, 2.45) is 0 Å². The van der Waals surface area contributed by atoms with E-state index in [4.69, 9.17) is 9.47 Å². The lowest BCUT2D eigenvalue weighted by atomic mass is 10.1. The third-order valence-corrected chi connectivity index (χ3v) is 3.71. The SMILES string of the molecule is Cc1ccccc1OCC(=O)OCc1cccc2ccccc12. The average Bonchev–Trinajstić information content (AvgIpc) is 2.59. The van der Waals surface area contributed by atoms with Gasteiger partial charge in [0.05, 0.1) is 0 Å². The van der Waals surface area contributed by atoms with E-state index in [0.717, 1.165) is 21.9 Å². The summed E-state index contributed by atoms with van der Waals surface area (Å²) >= 11 is 0. The highest BCUT2D eigenvalue weighted by atomic mass is 16.6. The number of carbonyl (C=O) groups is 1. The highest BCUT2D eigenvalue weighted by Crippen LogP contribution is 2.19. The number of hydrogen-bond acceptors (Lipinski definition) is 3. The summed E-state index contributed by atoms with van der Waals surface area (Å²) in [6, 6.07) is 21.6. The molecule has 0 aliphatic carbocycles. The van der Waals surface area contributed by atoms with Crippen LogP contribution in [-0.2, 0) is 16.1 Å². The molecule has 3 aromatic carbocycles. The van der Waals surface area contributed by atoms with Crippen LogP contribution in [0, 0.1) is 6.92 Å². The van der Waals surface area contributed by atoms with Crippen molar-refractivity contribution in [3.05, 3.63) is 77.9 Å². The van der Waals surface area contributed by atoms with Crippen LogP contribution in [-0.4, -0.2) is 12.6 Å². The number of rotatable bonds is 5. The van der Waals surface area contributed by atoms with Gasteiger partial charge in [-0.05, 0) is 34.9 Å². The molecule has 0 aliphatic heterocycles. The van der Waals surface area contributed by atoms with Crippen LogP contribution in [0.15, 0.2) is 66.7 Å². The lowest BCUT2D eigenvalue weighted by Crippen LogP contribution is -2.15. The Morgan fingerprint density at radius 2 is 1.65 bits per heavy atom. The molecule has 0 aliphatic rings. The van der Waals surface area contributed by atoms with Crippen molar-refractivity contribution in [1.29, 1.82) is 0 Å². The Hall–Kier alpha value is -2.81. The van der Waals surface area contributed by atoms with E-state index in [2.05, 4.69) is 0 Å². The first kappa shape index (κ1) is 15.1. The number of fused-ring (bicyclic) bond motifs is 1. The van der Waals surface area contributed by atoms with E-state index < -0.39 is 0 Å². The largest absolute Gasteiger partial charge is 0.482 e. The first-order valence-corrected chi connectivity index (χ1v) is 7.55.